The van der Waals surface area contributed by atoms with Gasteiger partial charge in [-0.2, -0.15) is 16.7 Å². The van der Waals surface area contributed by atoms with E-state index >= 15 is 0 Å². The summed E-state index contributed by atoms with van der Waals surface area (Å²) in [7, 11) is 0. The summed E-state index contributed by atoms with van der Waals surface area (Å²) in [6, 6.07) is 4.23. The van der Waals surface area contributed by atoms with Crippen molar-refractivity contribution in [2.45, 2.75) is 19.9 Å². The number of rotatable bonds is 4. The van der Waals surface area contributed by atoms with Crippen molar-refractivity contribution in [3.05, 3.63) is 30.9 Å². The summed E-state index contributed by atoms with van der Waals surface area (Å²) in [6.45, 7) is 6.27. The Hall–Kier alpha value is -2.35. The molecule has 3 aromatic heterocycles. The first-order chi connectivity index (χ1) is 12.2. The van der Waals surface area contributed by atoms with Gasteiger partial charge in [-0.25, -0.2) is 15.0 Å². The summed E-state index contributed by atoms with van der Waals surface area (Å²) in [4.78, 5) is 20.1. The van der Waals surface area contributed by atoms with E-state index < -0.39 is 0 Å². The molecule has 7 nitrogen and oxygen atoms in total. The van der Waals surface area contributed by atoms with Crippen molar-refractivity contribution in [3.8, 4) is 0 Å². The van der Waals surface area contributed by atoms with E-state index in [1.165, 1.54) is 0 Å². The zero-order valence-electron chi connectivity index (χ0n) is 14.4. The van der Waals surface area contributed by atoms with Gasteiger partial charge in [0.2, 0.25) is 5.95 Å². The first kappa shape index (κ1) is 16.1. The van der Waals surface area contributed by atoms with Gasteiger partial charge in [0.25, 0.3) is 0 Å². The molecule has 1 saturated heterocycles. The number of nitrogens with one attached hydrogen (secondary N) is 1. The smallest absolute Gasteiger partial charge is 0.227 e. The maximum atomic E-state index is 4.65. The van der Waals surface area contributed by atoms with Gasteiger partial charge in [0.1, 0.15) is 17.2 Å². The summed E-state index contributed by atoms with van der Waals surface area (Å²) in [5.41, 5.74) is 1.96. The number of hydrogen-bond donors (Lipinski definition) is 1. The van der Waals surface area contributed by atoms with Crippen molar-refractivity contribution in [3.63, 3.8) is 0 Å². The second-order valence-electron chi connectivity index (χ2n) is 6.27. The SMILES string of the molecule is CC(C)n1cnc2cnc(Nc3ccnc(N4CCSCC4)n3)cc21. The van der Waals surface area contributed by atoms with Crippen LogP contribution in [0, 0.1) is 0 Å². The molecule has 4 heterocycles. The minimum atomic E-state index is 0.350. The number of pyridine rings is 1. The largest absolute Gasteiger partial charge is 0.339 e. The lowest BCUT2D eigenvalue weighted by molar-refractivity contribution is 0.617. The number of fused-ring (bicyclic) bond motifs is 1. The van der Waals surface area contributed by atoms with Gasteiger partial charge in [-0.3, -0.25) is 0 Å². The molecular formula is C17H21N7S. The van der Waals surface area contributed by atoms with Crippen molar-refractivity contribution in [2.75, 3.05) is 34.8 Å². The van der Waals surface area contributed by atoms with Gasteiger partial charge in [0.15, 0.2) is 0 Å². The molecule has 1 fully saturated rings. The van der Waals surface area contributed by atoms with Crippen LogP contribution in [-0.2, 0) is 0 Å². The van der Waals surface area contributed by atoms with Gasteiger partial charge in [-0.05, 0) is 19.9 Å². The molecule has 25 heavy (non-hydrogen) atoms. The summed E-state index contributed by atoms with van der Waals surface area (Å²) < 4.78 is 2.14. The minimum Gasteiger partial charge on any atom is -0.339 e. The Kier molecular flexibility index (Phi) is 4.44. The van der Waals surface area contributed by atoms with Crippen LogP contribution in [-0.4, -0.2) is 49.1 Å². The monoisotopic (exact) mass is 355 g/mol. The van der Waals surface area contributed by atoms with E-state index in [2.05, 4.69) is 48.6 Å². The quantitative estimate of drug-likeness (QED) is 0.771. The van der Waals surface area contributed by atoms with Crippen LogP contribution in [0.15, 0.2) is 30.9 Å². The van der Waals surface area contributed by atoms with Gasteiger partial charge in [-0.15, -0.1) is 0 Å². The van der Waals surface area contributed by atoms with E-state index in [1.54, 1.807) is 12.4 Å². The van der Waals surface area contributed by atoms with Crippen molar-refractivity contribution >= 4 is 40.4 Å². The Morgan fingerprint density at radius 3 is 2.76 bits per heavy atom. The fourth-order valence-corrected chi connectivity index (χ4v) is 3.78. The normalized spacial score (nSPS) is 15.1. The highest BCUT2D eigenvalue weighted by atomic mass is 32.2. The van der Waals surface area contributed by atoms with Gasteiger partial charge in [0, 0.05) is 42.9 Å². The molecule has 0 aromatic carbocycles. The van der Waals surface area contributed by atoms with E-state index in [0.717, 1.165) is 53.2 Å². The second kappa shape index (κ2) is 6.87. The zero-order valence-corrected chi connectivity index (χ0v) is 15.2. The molecule has 0 saturated carbocycles. The molecule has 130 valence electrons. The molecule has 0 atom stereocenters. The summed E-state index contributed by atoms with van der Waals surface area (Å²) >= 11 is 1.97. The Bertz CT molecular complexity index is 870. The number of hydrogen-bond acceptors (Lipinski definition) is 7. The van der Waals surface area contributed by atoms with E-state index in [4.69, 9.17) is 0 Å². The molecule has 3 aromatic rings. The highest BCUT2D eigenvalue weighted by Gasteiger charge is 2.14. The highest BCUT2D eigenvalue weighted by molar-refractivity contribution is 7.99. The first-order valence-electron chi connectivity index (χ1n) is 8.46. The molecule has 4 rings (SSSR count). The Labute approximate surface area is 150 Å². The van der Waals surface area contributed by atoms with Crippen molar-refractivity contribution in [1.82, 2.24) is 24.5 Å². The Morgan fingerprint density at radius 2 is 1.96 bits per heavy atom. The van der Waals surface area contributed by atoms with Crippen molar-refractivity contribution < 1.29 is 0 Å². The van der Waals surface area contributed by atoms with Gasteiger partial charge < -0.3 is 14.8 Å². The first-order valence-corrected chi connectivity index (χ1v) is 9.61. The maximum absolute atomic E-state index is 4.65. The van der Waals surface area contributed by atoms with E-state index in [0.29, 0.717) is 6.04 Å². The topological polar surface area (TPSA) is 71.8 Å². The maximum Gasteiger partial charge on any atom is 0.227 e. The van der Waals surface area contributed by atoms with Crippen LogP contribution in [0.3, 0.4) is 0 Å². The third-order valence-electron chi connectivity index (χ3n) is 4.21. The second-order valence-corrected chi connectivity index (χ2v) is 7.49. The molecular weight excluding hydrogens is 334 g/mol. The van der Waals surface area contributed by atoms with E-state index in [9.17, 15) is 0 Å². The van der Waals surface area contributed by atoms with Crippen LogP contribution >= 0.6 is 11.8 Å². The number of thioether (sulfide) groups is 1. The third kappa shape index (κ3) is 3.39. The average Bonchev–Trinajstić information content (AvgIpc) is 3.06. The highest BCUT2D eigenvalue weighted by Crippen LogP contribution is 2.22. The average molecular weight is 355 g/mol. The summed E-state index contributed by atoms with van der Waals surface area (Å²) in [5.74, 6) is 4.54. The number of nitrogens with zero attached hydrogens (tertiary/aromatic N) is 6. The number of anilines is 3. The predicted octanol–water partition coefficient (Wildman–Crippen LogP) is 3.10. The lowest BCUT2D eigenvalue weighted by atomic mass is 10.3. The third-order valence-corrected chi connectivity index (χ3v) is 5.15. The van der Waals surface area contributed by atoms with Crippen LogP contribution in [0.1, 0.15) is 19.9 Å². The lowest BCUT2D eigenvalue weighted by Crippen LogP contribution is -2.33. The molecule has 1 aliphatic rings. The molecule has 8 heteroatoms. The molecule has 0 radical (unpaired) electrons. The predicted molar refractivity (Wildman–Crippen MR) is 103 cm³/mol. The number of imidazole rings is 1. The Morgan fingerprint density at radius 1 is 1.12 bits per heavy atom. The van der Waals surface area contributed by atoms with Crippen LogP contribution in [0.25, 0.3) is 11.0 Å². The summed E-state index contributed by atoms with van der Waals surface area (Å²) in [6.07, 6.45) is 5.45. The minimum absolute atomic E-state index is 0.350. The van der Waals surface area contributed by atoms with Gasteiger partial charge in [-0.1, -0.05) is 0 Å². The molecule has 0 bridgehead atoms. The summed E-state index contributed by atoms with van der Waals surface area (Å²) in [5, 5.41) is 3.30. The molecule has 1 aliphatic heterocycles. The van der Waals surface area contributed by atoms with E-state index in [-0.39, 0.29) is 0 Å². The molecule has 0 spiro atoms. The van der Waals surface area contributed by atoms with Crippen LogP contribution < -0.4 is 10.2 Å². The van der Waals surface area contributed by atoms with Crippen molar-refractivity contribution in [2.24, 2.45) is 0 Å². The standard InChI is InChI=1S/C17H21N7S/c1-12(2)24-11-20-13-10-19-16(9-14(13)24)21-15-3-4-18-17(22-15)23-5-7-25-8-6-23/h3-4,9-12H,5-8H2,1-2H3,(H,18,19,21,22). The Balaban J connectivity index is 1.59. The fraction of sp³-hybridized carbons (Fsp3) is 0.412. The molecule has 0 aliphatic carbocycles. The fourth-order valence-electron chi connectivity index (χ4n) is 2.88. The van der Waals surface area contributed by atoms with Crippen LogP contribution in [0.5, 0.6) is 0 Å². The molecule has 0 unspecified atom stereocenters. The lowest BCUT2D eigenvalue weighted by Gasteiger charge is -2.26. The zero-order chi connectivity index (χ0) is 17.2. The molecule has 1 N–H and O–H groups in total. The number of aromatic nitrogens is 5. The van der Waals surface area contributed by atoms with Crippen LogP contribution in [0.2, 0.25) is 0 Å². The van der Waals surface area contributed by atoms with Gasteiger partial charge >= 0.3 is 0 Å². The van der Waals surface area contributed by atoms with Crippen LogP contribution in [0.4, 0.5) is 17.6 Å². The van der Waals surface area contributed by atoms with Gasteiger partial charge in [0.05, 0.1) is 18.0 Å². The van der Waals surface area contributed by atoms with Crippen molar-refractivity contribution in [1.29, 1.82) is 0 Å². The van der Waals surface area contributed by atoms with E-state index in [1.807, 2.05) is 30.2 Å². The molecule has 0 amide bonds.